The van der Waals surface area contributed by atoms with Crippen molar-refractivity contribution in [3.8, 4) is 51.2 Å². The van der Waals surface area contributed by atoms with Crippen molar-refractivity contribution in [2.24, 2.45) is 5.73 Å². The lowest BCUT2D eigenvalue weighted by molar-refractivity contribution is 0.0688. The number of nitrogens with two attached hydrogens (primary N) is 1. The predicted molar refractivity (Wildman–Crippen MR) is 290 cm³/mol. The maximum absolute atomic E-state index is 12.4. The van der Waals surface area contributed by atoms with Crippen molar-refractivity contribution in [3.05, 3.63) is 217 Å². The Morgan fingerprint density at radius 2 is 0.816 bits per heavy atom. The van der Waals surface area contributed by atoms with Crippen LogP contribution in [-0.2, 0) is 0 Å². The molecule has 0 aliphatic heterocycles. The molecule has 8 N–H and O–H groups in total. The molecule has 20 heteroatoms. The van der Waals surface area contributed by atoms with Gasteiger partial charge in [0.25, 0.3) is 11.8 Å². The number of aryl methyl sites for hydroxylation is 3. The first-order valence-electron chi connectivity index (χ1n) is 23.3. The third kappa shape index (κ3) is 10.3. The summed E-state index contributed by atoms with van der Waals surface area (Å²) in [7, 11) is 3.47. The fraction of sp³-hybridized carbons (Fsp3) is 0.0893. The van der Waals surface area contributed by atoms with Crippen molar-refractivity contribution < 1.29 is 25.0 Å². The Bertz CT molecular complexity index is 3890. The molecule has 12 aromatic heterocycles. The average molecular weight is 1020 g/mol. The molecule has 20 nitrogen and oxygen atoms in total. The molecule has 0 fully saturated rings. The van der Waals surface area contributed by atoms with Crippen LogP contribution in [0.15, 0.2) is 183 Å². The maximum atomic E-state index is 12.4. The van der Waals surface area contributed by atoms with Crippen LogP contribution in [0, 0.1) is 20.8 Å². The summed E-state index contributed by atoms with van der Waals surface area (Å²) >= 11 is 0. The van der Waals surface area contributed by atoms with Gasteiger partial charge in [0.2, 0.25) is 0 Å². The van der Waals surface area contributed by atoms with Crippen molar-refractivity contribution in [1.29, 1.82) is 0 Å². The Morgan fingerprint density at radius 1 is 0.474 bits per heavy atom. The Balaban J connectivity index is 0.000000149. The van der Waals surface area contributed by atoms with Crippen LogP contribution in [0.5, 0.6) is 0 Å². The zero-order valence-corrected chi connectivity index (χ0v) is 42.1. The summed E-state index contributed by atoms with van der Waals surface area (Å²) in [6.45, 7) is 5.88. The first-order chi connectivity index (χ1) is 35.8. The van der Waals surface area contributed by atoms with E-state index in [0.29, 0.717) is 22.7 Å². The molecule has 0 spiro atoms. The summed E-state index contributed by atoms with van der Waals surface area (Å²) in [4.78, 5) is 63.2. The van der Waals surface area contributed by atoms with Crippen LogP contribution in [0.3, 0.4) is 0 Å². The number of nitrogens with zero attached hydrogens (tertiary/aromatic N) is 13. The minimum atomic E-state index is -1.00. The number of hydrogen-bond acceptors (Lipinski definition) is 10. The van der Waals surface area contributed by atoms with Crippen LogP contribution >= 0.6 is 0 Å². The van der Waals surface area contributed by atoms with Gasteiger partial charge in [0.05, 0.1) is 35.7 Å². The molecule has 0 bridgehead atoms. The molecule has 0 saturated heterocycles. The standard InChI is InChI=1S/C20H19N5O.C18H15N5O.C18H14N4O2.H3N.H2O/c1-14-6-4-8-19(22-14)24-11-5-7-16(24)15-9-10-18-21-12-17(25(18)13-15)20(26)23(2)3;1-12-4-2-6-17(21-12)22-9-3-5-14(22)13-7-8-16-20-10-15(18(19)24)23(16)11-13;1-12-4-2-6-17(20-12)21-9-3-5-14(21)13-7-8-16-19-10-15(18(23)24)22(16)11-13;;/h4-13H,1-3H3;2-11H,1H3,(H2,19,24);2-11H,1H3,(H,23,24);1H3;1H2. The van der Waals surface area contributed by atoms with E-state index in [4.69, 9.17) is 5.73 Å². The SMILES string of the molecule is Cc1cccc(-n2cccc2-c2ccc3ncc(C(=O)N(C)C)n3c2)n1.Cc1cccc(-n2cccc2-c2ccc3ncc(C(=O)O)n3c2)n1.Cc1cccc(-n2cccc2-c2ccc3ncc(C(N)=O)n3c2)n1.N.O. The van der Waals surface area contributed by atoms with Gasteiger partial charge >= 0.3 is 5.97 Å². The van der Waals surface area contributed by atoms with Gasteiger partial charge in [-0.2, -0.15) is 0 Å². The van der Waals surface area contributed by atoms with E-state index in [9.17, 15) is 19.5 Å². The molecule has 382 valence electrons. The molecule has 12 rings (SSSR count). The van der Waals surface area contributed by atoms with Gasteiger partial charge in [0.1, 0.15) is 45.8 Å². The van der Waals surface area contributed by atoms with E-state index in [-0.39, 0.29) is 23.2 Å². The fourth-order valence-electron chi connectivity index (χ4n) is 8.56. The first kappa shape index (κ1) is 52.0. The number of aromatic carboxylic acids is 1. The van der Waals surface area contributed by atoms with Gasteiger partial charge in [-0.05, 0) is 130 Å². The van der Waals surface area contributed by atoms with E-state index in [1.54, 1.807) is 40.2 Å². The van der Waals surface area contributed by atoms with E-state index < -0.39 is 11.9 Å². The summed E-state index contributed by atoms with van der Waals surface area (Å²) in [6, 6.07) is 41.1. The highest BCUT2D eigenvalue weighted by molar-refractivity contribution is 5.93. The van der Waals surface area contributed by atoms with Gasteiger partial charge in [0, 0.05) is 85.0 Å². The summed E-state index contributed by atoms with van der Waals surface area (Å²) < 4.78 is 11.1. The molecule has 0 radical (unpaired) electrons. The van der Waals surface area contributed by atoms with Crippen LogP contribution in [-0.4, -0.2) is 104 Å². The van der Waals surface area contributed by atoms with Gasteiger partial charge in [-0.15, -0.1) is 0 Å². The van der Waals surface area contributed by atoms with Crippen LogP contribution < -0.4 is 11.9 Å². The predicted octanol–water partition coefficient (Wildman–Crippen LogP) is 8.32. The van der Waals surface area contributed by atoms with E-state index >= 15 is 0 Å². The van der Waals surface area contributed by atoms with E-state index in [1.807, 2.05) is 197 Å². The minimum Gasteiger partial charge on any atom is -0.477 e. The Morgan fingerprint density at radius 3 is 1.16 bits per heavy atom. The number of aromatic nitrogens is 12. The fourth-order valence-corrected chi connectivity index (χ4v) is 8.56. The van der Waals surface area contributed by atoms with E-state index in [0.717, 1.165) is 74.0 Å². The summed E-state index contributed by atoms with van der Waals surface area (Å²) in [5.41, 5.74) is 17.0. The lowest BCUT2D eigenvalue weighted by atomic mass is 10.2. The van der Waals surface area contributed by atoms with Gasteiger partial charge in [-0.1, -0.05) is 18.2 Å². The van der Waals surface area contributed by atoms with Crippen molar-refractivity contribution in [2.75, 3.05) is 14.1 Å². The van der Waals surface area contributed by atoms with Crippen molar-refractivity contribution >= 4 is 34.7 Å². The largest absolute Gasteiger partial charge is 0.477 e. The zero-order chi connectivity index (χ0) is 51.6. The molecule has 76 heavy (non-hydrogen) atoms. The quantitative estimate of drug-likeness (QED) is 0.124. The highest BCUT2D eigenvalue weighted by Gasteiger charge is 2.17. The van der Waals surface area contributed by atoms with Crippen LogP contribution in [0.25, 0.3) is 68.2 Å². The van der Waals surface area contributed by atoms with Gasteiger partial charge in [-0.25, -0.2) is 34.7 Å². The molecule has 0 aromatic carbocycles. The Kier molecular flexibility index (Phi) is 14.9. The summed E-state index contributed by atoms with van der Waals surface area (Å²) in [5, 5.41) is 9.28. The lowest BCUT2D eigenvalue weighted by Gasteiger charge is -2.12. The monoisotopic (exact) mass is 1020 g/mol. The zero-order valence-electron chi connectivity index (χ0n) is 42.1. The second kappa shape index (κ2) is 21.8. The second-order valence-corrected chi connectivity index (χ2v) is 17.4. The first-order valence-corrected chi connectivity index (χ1v) is 23.3. The van der Waals surface area contributed by atoms with Crippen LogP contribution in [0.1, 0.15) is 48.5 Å². The molecular weight excluding hydrogens is 963 g/mol. The number of hydrogen-bond donors (Lipinski definition) is 3. The highest BCUT2D eigenvalue weighted by atomic mass is 16.4. The van der Waals surface area contributed by atoms with Crippen LogP contribution in [0.4, 0.5) is 0 Å². The topological polar surface area (TPSA) is 273 Å². The van der Waals surface area contributed by atoms with Crippen LogP contribution in [0.2, 0.25) is 0 Å². The molecular formula is C56H53N15O5. The Labute approximate surface area is 435 Å². The number of carboxylic acids is 1. The number of rotatable bonds is 9. The number of pyridine rings is 6. The lowest BCUT2D eigenvalue weighted by Crippen LogP contribution is -2.23. The molecule has 12 aromatic rings. The Hall–Kier alpha value is -10.3. The molecule has 0 aliphatic rings. The molecule has 0 aliphatic carbocycles. The third-order valence-corrected chi connectivity index (χ3v) is 12.1. The number of carbonyl (C=O) groups is 3. The maximum Gasteiger partial charge on any atom is 0.354 e. The number of imidazole rings is 3. The third-order valence-electron chi connectivity index (χ3n) is 12.1. The number of amides is 2. The highest BCUT2D eigenvalue weighted by Crippen LogP contribution is 2.28. The molecule has 0 saturated carbocycles. The summed E-state index contributed by atoms with van der Waals surface area (Å²) in [6.07, 6.45) is 15.9. The smallest absolute Gasteiger partial charge is 0.354 e. The molecule has 12 heterocycles. The number of primary amides is 1. The van der Waals surface area contributed by atoms with Crippen molar-refractivity contribution in [2.45, 2.75) is 20.8 Å². The van der Waals surface area contributed by atoms with E-state index in [2.05, 4.69) is 29.9 Å². The number of fused-ring (bicyclic) bond motifs is 3. The van der Waals surface area contributed by atoms with Crippen molar-refractivity contribution in [3.63, 3.8) is 0 Å². The second-order valence-electron chi connectivity index (χ2n) is 17.4. The van der Waals surface area contributed by atoms with Gasteiger partial charge in [0.15, 0.2) is 5.69 Å². The van der Waals surface area contributed by atoms with E-state index in [1.165, 1.54) is 12.4 Å². The molecule has 0 unspecified atom stereocenters. The summed E-state index contributed by atoms with van der Waals surface area (Å²) in [5.74, 6) is 0.937. The van der Waals surface area contributed by atoms with Gasteiger partial charge in [-0.3, -0.25) is 22.8 Å². The average Bonchev–Trinajstić information content (AvgIpc) is 4.27. The van der Waals surface area contributed by atoms with Gasteiger partial charge < -0.3 is 41.1 Å². The van der Waals surface area contributed by atoms with Crippen molar-refractivity contribution in [1.82, 2.24) is 67.9 Å². The number of carbonyl (C=O) groups excluding carboxylic acids is 2. The molecule has 0 atom stereocenters. The normalized spacial score (nSPS) is 10.8. The molecule has 2 amide bonds. The minimum absolute atomic E-state index is 0. The number of carboxylic acid groups (broad SMARTS) is 1.